The van der Waals surface area contributed by atoms with E-state index in [2.05, 4.69) is 9.88 Å². The predicted octanol–water partition coefficient (Wildman–Crippen LogP) is 2.78. The highest BCUT2D eigenvalue weighted by molar-refractivity contribution is 5.42. The smallest absolute Gasteiger partial charge is 0.383 e. The normalized spacial score (nSPS) is 19.3. The number of halogens is 3. The van der Waals surface area contributed by atoms with Gasteiger partial charge in [0, 0.05) is 12.7 Å². The minimum Gasteiger partial charge on any atom is -0.383 e. The van der Waals surface area contributed by atoms with E-state index in [0.29, 0.717) is 32.5 Å². The number of nitrogens with zero attached hydrogens (tertiary/aromatic N) is 3. The molecule has 0 radical (unpaired) electrons. The van der Waals surface area contributed by atoms with E-state index in [1.54, 1.807) is 0 Å². The summed E-state index contributed by atoms with van der Waals surface area (Å²) in [5, 5.41) is 9.36. The van der Waals surface area contributed by atoms with Crippen molar-refractivity contribution < 1.29 is 18.3 Å². The van der Waals surface area contributed by atoms with E-state index in [1.807, 2.05) is 35.9 Å². The highest BCUT2D eigenvalue weighted by atomic mass is 19.4. The van der Waals surface area contributed by atoms with Crippen molar-refractivity contribution in [2.45, 2.75) is 38.6 Å². The molecule has 0 bridgehead atoms. The summed E-state index contributed by atoms with van der Waals surface area (Å²) < 4.78 is 39.7. The predicted molar refractivity (Wildman–Crippen MR) is 80.0 cm³/mol. The minimum atomic E-state index is -4.52. The van der Waals surface area contributed by atoms with Crippen molar-refractivity contribution >= 4 is 5.65 Å². The third-order valence-electron chi connectivity index (χ3n) is 4.55. The van der Waals surface area contributed by atoms with Crippen LogP contribution in [0.15, 0.2) is 24.5 Å². The molecule has 0 aromatic carbocycles. The van der Waals surface area contributed by atoms with Crippen molar-refractivity contribution in [1.29, 1.82) is 0 Å². The molecule has 2 aromatic rings. The average Bonchev–Trinajstić information content (AvgIpc) is 2.88. The van der Waals surface area contributed by atoms with Gasteiger partial charge in [-0.2, -0.15) is 13.2 Å². The Morgan fingerprint density at radius 2 is 2.04 bits per heavy atom. The van der Waals surface area contributed by atoms with E-state index in [1.165, 1.54) is 0 Å². The molecule has 0 spiro atoms. The molecular formula is C16H20F3N3O. The Balaban J connectivity index is 1.62. The zero-order chi connectivity index (χ0) is 16.6. The van der Waals surface area contributed by atoms with Crippen LogP contribution in [-0.4, -0.2) is 44.8 Å². The van der Waals surface area contributed by atoms with Crippen molar-refractivity contribution in [2.24, 2.45) is 5.92 Å². The summed E-state index contributed by atoms with van der Waals surface area (Å²) in [5.41, 5.74) is 3.04. The van der Waals surface area contributed by atoms with Crippen LogP contribution in [0.3, 0.4) is 0 Å². The number of fused-ring (bicyclic) bond motifs is 1. The third-order valence-corrected chi connectivity index (χ3v) is 4.55. The summed E-state index contributed by atoms with van der Waals surface area (Å²) in [6, 6.07) is 4.00. The highest BCUT2D eigenvalue weighted by Crippen LogP contribution is 2.31. The van der Waals surface area contributed by atoms with E-state index in [4.69, 9.17) is 0 Å². The lowest BCUT2D eigenvalue weighted by atomic mass is 9.91. The summed E-state index contributed by atoms with van der Waals surface area (Å²) in [6.45, 7) is 3.76. The molecule has 1 fully saturated rings. The highest BCUT2D eigenvalue weighted by Gasteiger charge is 2.44. The number of aromatic nitrogens is 2. The molecule has 1 aliphatic heterocycles. The van der Waals surface area contributed by atoms with Crippen LogP contribution in [-0.2, 0) is 6.54 Å². The number of aliphatic hydroxyl groups excluding tert-OH is 1. The van der Waals surface area contributed by atoms with Crippen LogP contribution in [0, 0.1) is 12.8 Å². The fourth-order valence-electron chi connectivity index (χ4n) is 3.18. The number of aliphatic hydroxyl groups is 1. The number of piperidine rings is 1. The molecule has 1 N–H and O–H groups in total. The summed E-state index contributed by atoms with van der Waals surface area (Å²) in [4.78, 5) is 6.48. The van der Waals surface area contributed by atoms with Crippen LogP contribution in [0.1, 0.15) is 24.1 Å². The molecule has 1 saturated heterocycles. The number of hydrogen-bond acceptors (Lipinski definition) is 3. The largest absolute Gasteiger partial charge is 0.414 e. The molecule has 126 valence electrons. The minimum absolute atomic E-state index is 0.358. The van der Waals surface area contributed by atoms with Gasteiger partial charge in [-0.15, -0.1) is 0 Å². The number of pyridine rings is 1. The SMILES string of the molecule is Cc1ccn2c(CN3CCC(C(O)C(F)(F)F)CC3)cnc2c1. The Morgan fingerprint density at radius 1 is 1.35 bits per heavy atom. The Hall–Kier alpha value is -1.60. The summed E-state index contributed by atoms with van der Waals surface area (Å²) in [7, 11) is 0. The lowest BCUT2D eigenvalue weighted by Gasteiger charge is -2.34. The lowest BCUT2D eigenvalue weighted by Crippen LogP contribution is -2.43. The number of aryl methyl sites for hydroxylation is 1. The van der Waals surface area contributed by atoms with Gasteiger partial charge < -0.3 is 9.51 Å². The molecule has 0 amide bonds. The van der Waals surface area contributed by atoms with Crippen molar-refractivity contribution in [2.75, 3.05) is 13.1 Å². The van der Waals surface area contributed by atoms with Crippen LogP contribution in [0.4, 0.5) is 13.2 Å². The van der Waals surface area contributed by atoms with Crippen LogP contribution in [0.5, 0.6) is 0 Å². The van der Waals surface area contributed by atoms with Gasteiger partial charge in [-0.1, -0.05) is 0 Å². The first-order valence-electron chi connectivity index (χ1n) is 7.74. The number of hydrogen-bond donors (Lipinski definition) is 1. The zero-order valence-corrected chi connectivity index (χ0v) is 12.9. The molecule has 0 saturated carbocycles. The Bertz CT molecular complexity index is 675. The van der Waals surface area contributed by atoms with E-state index in [9.17, 15) is 18.3 Å². The van der Waals surface area contributed by atoms with E-state index >= 15 is 0 Å². The second-order valence-corrected chi connectivity index (χ2v) is 6.28. The first-order valence-corrected chi connectivity index (χ1v) is 7.74. The number of alkyl halides is 3. The quantitative estimate of drug-likeness (QED) is 0.942. The monoisotopic (exact) mass is 327 g/mol. The van der Waals surface area contributed by atoms with Gasteiger partial charge in [0.1, 0.15) is 5.65 Å². The topological polar surface area (TPSA) is 40.8 Å². The Labute approximate surface area is 132 Å². The van der Waals surface area contributed by atoms with Crippen molar-refractivity contribution in [1.82, 2.24) is 14.3 Å². The fraction of sp³-hybridized carbons (Fsp3) is 0.562. The second-order valence-electron chi connectivity index (χ2n) is 6.28. The van der Waals surface area contributed by atoms with Gasteiger partial charge in [-0.05, 0) is 56.5 Å². The van der Waals surface area contributed by atoms with Gasteiger partial charge in [0.05, 0.1) is 11.9 Å². The standard InChI is InChI=1S/C16H20F3N3O/c1-11-2-7-22-13(9-20-14(22)8-11)10-21-5-3-12(4-6-21)15(23)16(17,18)19/h2,7-9,12,15,23H,3-6,10H2,1H3. The fourth-order valence-corrected chi connectivity index (χ4v) is 3.18. The molecule has 0 aliphatic carbocycles. The van der Waals surface area contributed by atoms with Crippen molar-refractivity contribution in [3.05, 3.63) is 35.8 Å². The second kappa shape index (κ2) is 6.13. The zero-order valence-electron chi connectivity index (χ0n) is 12.9. The molecule has 4 nitrogen and oxygen atoms in total. The molecule has 2 aromatic heterocycles. The maximum atomic E-state index is 12.6. The van der Waals surface area contributed by atoms with Gasteiger partial charge in [0.2, 0.25) is 0 Å². The Kier molecular flexibility index (Phi) is 4.33. The van der Waals surface area contributed by atoms with Gasteiger partial charge >= 0.3 is 6.18 Å². The van der Waals surface area contributed by atoms with Gasteiger partial charge in [-0.3, -0.25) is 4.90 Å². The van der Waals surface area contributed by atoms with Crippen LogP contribution < -0.4 is 0 Å². The maximum absolute atomic E-state index is 12.6. The van der Waals surface area contributed by atoms with Crippen LogP contribution >= 0.6 is 0 Å². The van der Waals surface area contributed by atoms with E-state index in [-0.39, 0.29) is 0 Å². The van der Waals surface area contributed by atoms with E-state index < -0.39 is 18.2 Å². The van der Waals surface area contributed by atoms with Crippen LogP contribution in [0.25, 0.3) is 5.65 Å². The molecule has 3 rings (SSSR count). The molecule has 23 heavy (non-hydrogen) atoms. The van der Waals surface area contributed by atoms with E-state index in [0.717, 1.165) is 16.9 Å². The molecule has 1 unspecified atom stereocenters. The molecule has 3 heterocycles. The summed E-state index contributed by atoms with van der Waals surface area (Å²) in [5.74, 6) is -0.698. The third kappa shape index (κ3) is 3.50. The molecule has 7 heteroatoms. The molecular weight excluding hydrogens is 307 g/mol. The molecule has 1 aliphatic rings. The average molecular weight is 327 g/mol. The van der Waals surface area contributed by atoms with Crippen LogP contribution in [0.2, 0.25) is 0 Å². The summed E-state index contributed by atoms with van der Waals surface area (Å²) in [6.07, 6.45) is -2.23. The number of likely N-dealkylation sites (tertiary alicyclic amines) is 1. The number of imidazole rings is 1. The Morgan fingerprint density at radius 3 is 2.70 bits per heavy atom. The lowest BCUT2D eigenvalue weighted by molar-refractivity contribution is -0.223. The van der Waals surface area contributed by atoms with Gasteiger partial charge in [-0.25, -0.2) is 4.98 Å². The van der Waals surface area contributed by atoms with Crippen molar-refractivity contribution in [3.63, 3.8) is 0 Å². The van der Waals surface area contributed by atoms with Gasteiger partial charge in [0.15, 0.2) is 6.10 Å². The summed E-state index contributed by atoms with van der Waals surface area (Å²) >= 11 is 0. The maximum Gasteiger partial charge on any atom is 0.414 e. The number of rotatable bonds is 3. The van der Waals surface area contributed by atoms with Gasteiger partial charge in [0.25, 0.3) is 0 Å². The first kappa shape index (κ1) is 16.3. The molecule has 1 atom stereocenters. The first-order chi connectivity index (χ1) is 10.8. The van der Waals surface area contributed by atoms with Crippen molar-refractivity contribution in [3.8, 4) is 0 Å².